The van der Waals surface area contributed by atoms with Gasteiger partial charge in [0.2, 0.25) is 0 Å². The summed E-state index contributed by atoms with van der Waals surface area (Å²) in [4.78, 5) is 11.8. The number of halogens is 2. The molecule has 0 aromatic heterocycles. The highest BCUT2D eigenvalue weighted by atomic mass is 79.9. The Balaban J connectivity index is 1.90. The number of nitrogens with one attached hydrogen (secondary N) is 2. The number of anilines is 1. The summed E-state index contributed by atoms with van der Waals surface area (Å²) in [5.41, 5.74) is 3.77. The SMILES string of the molecule is COc1ccccc1NCC(=O)NN=Cc1cc(O)c(Br)cc1Br. The van der Waals surface area contributed by atoms with Crippen LogP contribution >= 0.6 is 31.9 Å². The van der Waals surface area contributed by atoms with Crippen LogP contribution in [0.25, 0.3) is 0 Å². The van der Waals surface area contributed by atoms with Gasteiger partial charge in [-0.05, 0) is 40.2 Å². The Hall–Kier alpha value is -2.06. The van der Waals surface area contributed by atoms with Gasteiger partial charge >= 0.3 is 0 Å². The molecule has 0 spiro atoms. The summed E-state index contributed by atoms with van der Waals surface area (Å²) in [6.07, 6.45) is 1.44. The summed E-state index contributed by atoms with van der Waals surface area (Å²) in [6.45, 7) is 0.0461. The van der Waals surface area contributed by atoms with Gasteiger partial charge in [-0.15, -0.1) is 0 Å². The molecule has 3 N–H and O–H groups in total. The van der Waals surface area contributed by atoms with E-state index in [4.69, 9.17) is 4.74 Å². The standard InChI is InChI=1S/C16H15Br2N3O3/c1-24-15-5-3-2-4-13(15)19-9-16(23)21-20-8-10-6-14(22)12(18)7-11(10)17/h2-8,19,22H,9H2,1H3,(H,21,23). The van der Waals surface area contributed by atoms with Crippen molar-refractivity contribution in [3.63, 3.8) is 0 Å². The molecule has 0 saturated heterocycles. The summed E-state index contributed by atoms with van der Waals surface area (Å²) in [5, 5.41) is 16.5. The number of rotatable bonds is 6. The molecule has 1 amide bonds. The van der Waals surface area contributed by atoms with E-state index in [1.807, 2.05) is 18.2 Å². The van der Waals surface area contributed by atoms with Crippen molar-refractivity contribution in [1.29, 1.82) is 0 Å². The molecule has 2 aromatic rings. The first-order valence-electron chi connectivity index (χ1n) is 6.88. The van der Waals surface area contributed by atoms with Crippen LogP contribution in [0.2, 0.25) is 0 Å². The highest BCUT2D eigenvalue weighted by molar-refractivity contribution is 9.11. The molecule has 6 nitrogen and oxygen atoms in total. The Morgan fingerprint density at radius 3 is 2.79 bits per heavy atom. The van der Waals surface area contributed by atoms with Crippen molar-refractivity contribution in [2.45, 2.75) is 0 Å². The third-order valence-electron chi connectivity index (χ3n) is 3.01. The molecule has 0 aliphatic carbocycles. The van der Waals surface area contributed by atoms with Crippen LogP contribution in [0.5, 0.6) is 11.5 Å². The highest BCUT2D eigenvalue weighted by Crippen LogP contribution is 2.29. The normalized spacial score (nSPS) is 10.6. The minimum Gasteiger partial charge on any atom is -0.507 e. The van der Waals surface area contributed by atoms with E-state index in [0.717, 1.165) is 10.2 Å². The van der Waals surface area contributed by atoms with E-state index in [2.05, 4.69) is 47.7 Å². The lowest BCUT2D eigenvalue weighted by atomic mass is 10.2. The average Bonchev–Trinajstić information content (AvgIpc) is 2.57. The predicted octanol–water partition coefficient (Wildman–Crippen LogP) is 3.49. The number of benzene rings is 2. The molecule has 8 heteroatoms. The van der Waals surface area contributed by atoms with E-state index in [0.29, 0.717) is 15.8 Å². The van der Waals surface area contributed by atoms with E-state index in [1.54, 1.807) is 19.2 Å². The minimum atomic E-state index is -0.311. The lowest BCUT2D eigenvalue weighted by Gasteiger charge is -2.09. The smallest absolute Gasteiger partial charge is 0.259 e. The maximum absolute atomic E-state index is 11.8. The summed E-state index contributed by atoms with van der Waals surface area (Å²) in [7, 11) is 1.57. The molecule has 0 unspecified atom stereocenters. The number of phenolic OH excluding ortho intramolecular Hbond substituents is 1. The van der Waals surface area contributed by atoms with Crippen LogP contribution in [0.1, 0.15) is 5.56 Å². The van der Waals surface area contributed by atoms with Crippen LogP contribution in [0.15, 0.2) is 50.4 Å². The maximum Gasteiger partial charge on any atom is 0.259 e. The molecule has 0 fully saturated rings. The molecule has 126 valence electrons. The average molecular weight is 457 g/mol. The number of nitrogens with zero attached hydrogens (tertiary/aromatic N) is 1. The fraction of sp³-hybridized carbons (Fsp3) is 0.125. The molecule has 0 atom stereocenters. The van der Waals surface area contributed by atoms with E-state index in [9.17, 15) is 9.90 Å². The van der Waals surface area contributed by atoms with Gasteiger partial charge in [0.05, 0.1) is 30.0 Å². The zero-order valence-electron chi connectivity index (χ0n) is 12.7. The number of phenols is 1. The van der Waals surface area contributed by atoms with Gasteiger partial charge in [-0.25, -0.2) is 5.43 Å². The Kier molecular flexibility index (Phi) is 6.62. The number of hydrogen-bond acceptors (Lipinski definition) is 5. The largest absolute Gasteiger partial charge is 0.507 e. The molecule has 2 aromatic carbocycles. The number of hydrogen-bond donors (Lipinski definition) is 3. The number of carbonyl (C=O) groups is 1. The van der Waals surface area contributed by atoms with Crippen molar-refractivity contribution in [2.75, 3.05) is 19.0 Å². The van der Waals surface area contributed by atoms with E-state index in [1.165, 1.54) is 12.3 Å². The Morgan fingerprint density at radius 2 is 2.04 bits per heavy atom. The topological polar surface area (TPSA) is 83.0 Å². The van der Waals surface area contributed by atoms with Crippen molar-refractivity contribution < 1.29 is 14.6 Å². The van der Waals surface area contributed by atoms with Crippen LogP contribution in [-0.2, 0) is 4.79 Å². The van der Waals surface area contributed by atoms with Crippen molar-refractivity contribution >= 4 is 49.7 Å². The fourth-order valence-corrected chi connectivity index (χ4v) is 2.93. The minimum absolute atomic E-state index is 0.0461. The van der Waals surface area contributed by atoms with Gasteiger partial charge < -0.3 is 15.2 Å². The molecule has 0 aliphatic rings. The van der Waals surface area contributed by atoms with E-state index in [-0.39, 0.29) is 18.2 Å². The molecule has 0 heterocycles. The first-order chi connectivity index (χ1) is 11.5. The van der Waals surface area contributed by atoms with Crippen LogP contribution in [0.4, 0.5) is 5.69 Å². The van der Waals surface area contributed by atoms with Crippen LogP contribution in [0, 0.1) is 0 Å². The number of hydrazone groups is 1. The van der Waals surface area contributed by atoms with Gasteiger partial charge in [-0.3, -0.25) is 4.79 Å². The summed E-state index contributed by atoms with van der Waals surface area (Å²) < 4.78 is 6.49. The number of aromatic hydroxyl groups is 1. The third-order valence-corrected chi connectivity index (χ3v) is 4.33. The van der Waals surface area contributed by atoms with Gasteiger partial charge in [-0.1, -0.05) is 28.1 Å². The van der Waals surface area contributed by atoms with Crippen LogP contribution < -0.4 is 15.5 Å². The van der Waals surface area contributed by atoms with E-state index >= 15 is 0 Å². The lowest BCUT2D eigenvalue weighted by Crippen LogP contribution is -2.26. The lowest BCUT2D eigenvalue weighted by molar-refractivity contribution is -0.119. The molecule has 0 radical (unpaired) electrons. The molecule has 24 heavy (non-hydrogen) atoms. The number of methoxy groups -OCH3 is 1. The Bertz CT molecular complexity index is 766. The second-order valence-electron chi connectivity index (χ2n) is 4.67. The van der Waals surface area contributed by atoms with Crippen LogP contribution in [-0.4, -0.2) is 30.9 Å². The fourth-order valence-electron chi connectivity index (χ4n) is 1.83. The summed E-state index contributed by atoms with van der Waals surface area (Å²) in [5.74, 6) is 0.432. The molecule has 2 rings (SSSR count). The molecule has 0 bridgehead atoms. The van der Waals surface area contributed by atoms with Crippen LogP contribution in [0.3, 0.4) is 0 Å². The number of para-hydroxylation sites is 2. The van der Waals surface area contributed by atoms with Gasteiger partial charge in [0.1, 0.15) is 11.5 Å². The summed E-state index contributed by atoms with van der Waals surface area (Å²) >= 11 is 6.57. The van der Waals surface area contributed by atoms with Crippen molar-refractivity contribution in [3.05, 3.63) is 50.9 Å². The Labute approximate surface area is 156 Å². The number of ether oxygens (including phenoxy) is 1. The second-order valence-corrected chi connectivity index (χ2v) is 6.38. The monoisotopic (exact) mass is 455 g/mol. The van der Waals surface area contributed by atoms with Gasteiger partial charge in [0, 0.05) is 10.0 Å². The highest BCUT2D eigenvalue weighted by Gasteiger charge is 2.05. The third kappa shape index (κ3) is 4.97. The Morgan fingerprint density at radius 1 is 1.29 bits per heavy atom. The maximum atomic E-state index is 11.8. The first kappa shape index (κ1) is 18.3. The molecule has 0 aliphatic heterocycles. The first-order valence-corrected chi connectivity index (χ1v) is 8.46. The van der Waals surface area contributed by atoms with Crippen molar-refractivity contribution in [1.82, 2.24) is 5.43 Å². The quantitative estimate of drug-likeness (QED) is 0.459. The van der Waals surface area contributed by atoms with Gasteiger partial charge in [0.25, 0.3) is 5.91 Å². The van der Waals surface area contributed by atoms with Crippen molar-refractivity contribution in [3.8, 4) is 11.5 Å². The van der Waals surface area contributed by atoms with E-state index < -0.39 is 0 Å². The van der Waals surface area contributed by atoms with Crippen molar-refractivity contribution in [2.24, 2.45) is 5.10 Å². The second kappa shape index (κ2) is 8.70. The number of amides is 1. The summed E-state index contributed by atoms with van der Waals surface area (Å²) in [6, 6.07) is 10.5. The zero-order valence-corrected chi connectivity index (χ0v) is 15.9. The predicted molar refractivity (Wildman–Crippen MR) is 101 cm³/mol. The molecule has 0 saturated carbocycles. The number of carbonyl (C=O) groups excluding carboxylic acids is 1. The zero-order chi connectivity index (χ0) is 17.5. The van der Waals surface area contributed by atoms with Gasteiger partial charge in [-0.2, -0.15) is 5.10 Å². The molecular formula is C16H15Br2N3O3. The molecular weight excluding hydrogens is 442 g/mol. The van der Waals surface area contributed by atoms with Gasteiger partial charge in [0.15, 0.2) is 0 Å².